The molecule has 0 atom stereocenters. The predicted molar refractivity (Wildman–Crippen MR) is 122 cm³/mol. The van der Waals surface area contributed by atoms with Gasteiger partial charge in [-0.2, -0.15) is 0 Å². The summed E-state index contributed by atoms with van der Waals surface area (Å²) in [5.74, 6) is 2.51. The Morgan fingerprint density at radius 3 is 2.62 bits per heavy atom. The first-order valence-corrected chi connectivity index (χ1v) is 10.9. The smallest absolute Gasteiger partial charge is 0.246 e. The Bertz CT molecular complexity index is 1100. The molecular weight excluding hydrogens is 404 g/mol. The predicted octanol–water partition coefficient (Wildman–Crippen LogP) is 3.14. The number of hydrogen-bond acceptors (Lipinski definition) is 5. The minimum absolute atomic E-state index is 0.0447. The molecule has 5 rings (SSSR count). The molecule has 3 heterocycles. The molecule has 32 heavy (non-hydrogen) atoms. The van der Waals surface area contributed by atoms with Crippen molar-refractivity contribution in [3.05, 3.63) is 72.6 Å². The molecule has 0 saturated carbocycles. The van der Waals surface area contributed by atoms with E-state index in [2.05, 4.69) is 26.6 Å². The van der Waals surface area contributed by atoms with Crippen molar-refractivity contribution in [2.75, 3.05) is 39.5 Å². The summed E-state index contributed by atoms with van der Waals surface area (Å²) in [6, 6.07) is 15.9. The Morgan fingerprint density at radius 2 is 1.78 bits per heavy atom. The van der Waals surface area contributed by atoms with Gasteiger partial charge >= 0.3 is 0 Å². The maximum Gasteiger partial charge on any atom is 0.246 e. The van der Waals surface area contributed by atoms with Gasteiger partial charge in [-0.3, -0.25) is 9.69 Å². The third-order valence-corrected chi connectivity index (χ3v) is 5.90. The van der Waals surface area contributed by atoms with E-state index in [9.17, 15) is 4.79 Å². The fourth-order valence-corrected chi connectivity index (χ4v) is 4.07. The quantitative estimate of drug-likeness (QED) is 0.563. The van der Waals surface area contributed by atoms with Crippen molar-refractivity contribution in [3.63, 3.8) is 0 Å². The zero-order chi connectivity index (χ0) is 21.8. The van der Waals surface area contributed by atoms with Crippen LogP contribution in [0, 0.1) is 0 Å². The molecule has 2 aliphatic rings. The number of hydrogen-bond donors (Lipinski definition) is 0. The zero-order valence-corrected chi connectivity index (χ0v) is 17.9. The third-order valence-electron chi connectivity index (χ3n) is 5.90. The van der Waals surface area contributed by atoms with E-state index in [1.165, 1.54) is 0 Å². The molecule has 7 heteroatoms. The van der Waals surface area contributed by atoms with Crippen LogP contribution in [0.1, 0.15) is 5.56 Å². The Balaban J connectivity index is 1.11. The van der Waals surface area contributed by atoms with Crippen LogP contribution in [0.2, 0.25) is 0 Å². The molecule has 0 aliphatic carbocycles. The number of rotatable bonds is 6. The maximum atomic E-state index is 12.6. The summed E-state index contributed by atoms with van der Waals surface area (Å²) >= 11 is 0. The van der Waals surface area contributed by atoms with Crippen LogP contribution in [0.25, 0.3) is 17.5 Å². The van der Waals surface area contributed by atoms with Crippen LogP contribution >= 0.6 is 0 Å². The summed E-state index contributed by atoms with van der Waals surface area (Å²) in [6.07, 6.45) is 7.36. The number of aromatic nitrogens is 2. The molecule has 1 amide bonds. The standard InChI is InChI=1S/C25H26N4O3/c30-24(9-7-20-6-8-22-23(18-20)32-19-31-22)28-15-12-27(13-16-28)14-17-29-11-10-26-25(29)21-4-2-1-3-5-21/h1-11,18H,12-17,19H2/b9-7+. The van der Waals surface area contributed by atoms with Crippen LogP contribution < -0.4 is 9.47 Å². The highest BCUT2D eigenvalue weighted by Crippen LogP contribution is 2.32. The average Bonchev–Trinajstić information content (AvgIpc) is 3.51. The molecular formula is C25H26N4O3. The summed E-state index contributed by atoms with van der Waals surface area (Å²) in [6.45, 7) is 5.28. The van der Waals surface area contributed by atoms with Crippen molar-refractivity contribution in [1.82, 2.24) is 19.4 Å². The van der Waals surface area contributed by atoms with E-state index in [-0.39, 0.29) is 12.7 Å². The molecule has 7 nitrogen and oxygen atoms in total. The Hall–Kier alpha value is -3.58. The zero-order valence-electron chi connectivity index (χ0n) is 17.9. The highest BCUT2D eigenvalue weighted by Gasteiger charge is 2.20. The van der Waals surface area contributed by atoms with Crippen LogP contribution in [0.3, 0.4) is 0 Å². The van der Waals surface area contributed by atoms with Gasteiger partial charge < -0.3 is 18.9 Å². The first-order chi connectivity index (χ1) is 15.8. The highest BCUT2D eigenvalue weighted by molar-refractivity contribution is 5.92. The van der Waals surface area contributed by atoms with Crippen molar-refractivity contribution < 1.29 is 14.3 Å². The van der Waals surface area contributed by atoms with Crippen LogP contribution in [0.15, 0.2) is 67.0 Å². The SMILES string of the molecule is O=C(/C=C/c1ccc2c(c1)OCO2)N1CCN(CCn2ccnc2-c2ccccc2)CC1. The summed E-state index contributed by atoms with van der Waals surface area (Å²) < 4.78 is 12.9. The van der Waals surface area contributed by atoms with Crippen LogP contribution in [-0.2, 0) is 11.3 Å². The highest BCUT2D eigenvalue weighted by atomic mass is 16.7. The summed E-state index contributed by atoms with van der Waals surface area (Å²) in [4.78, 5) is 21.4. The van der Waals surface area contributed by atoms with Gasteiger partial charge in [0, 0.05) is 63.3 Å². The number of fused-ring (bicyclic) bond motifs is 1. The van der Waals surface area contributed by atoms with Gasteiger partial charge in [0.25, 0.3) is 0 Å². The van der Waals surface area contributed by atoms with E-state index < -0.39 is 0 Å². The summed E-state index contributed by atoms with van der Waals surface area (Å²) in [5, 5.41) is 0. The fourth-order valence-electron chi connectivity index (χ4n) is 4.07. The number of benzene rings is 2. The third kappa shape index (κ3) is 4.53. The van der Waals surface area contributed by atoms with Crippen molar-refractivity contribution in [2.45, 2.75) is 6.54 Å². The van der Waals surface area contributed by atoms with Crippen molar-refractivity contribution in [2.24, 2.45) is 0 Å². The second kappa shape index (κ2) is 9.28. The van der Waals surface area contributed by atoms with E-state index in [1.807, 2.05) is 59.8 Å². The fraction of sp³-hybridized carbons (Fsp3) is 0.280. The second-order valence-corrected chi connectivity index (χ2v) is 7.92. The number of imidazole rings is 1. The average molecular weight is 431 g/mol. The molecule has 3 aromatic rings. The van der Waals surface area contributed by atoms with Gasteiger partial charge in [0.1, 0.15) is 5.82 Å². The minimum atomic E-state index is 0.0447. The molecule has 0 spiro atoms. The lowest BCUT2D eigenvalue weighted by Crippen LogP contribution is -2.48. The lowest BCUT2D eigenvalue weighted by Gasteiger charge is -2.34. The van der Waals surface area contributed by atoms with E-state index >= 15 is 0 Å². The van der Waals surface area contributed by atoms with E-state index in [4.69, 9.17) is 9.47 Å². The van der Waals surface area contributed by atoms with Gasteiger partial charge in [-0.25, -0.2) is 4.98 Å². The molecule has 2 aliphatic heterocycles. The Kier molecular flexibility index (Phi) is 5.89. The molecule has 0 bridgehead atoms. The maximum absolute atomic E-state index is 12.6. The van der Waals surface area contributed by atoms with Gasteiger partial charge in [0.15, 0.2) is 11.5 Å². The number of carbonyl (C=O) groups is 1. The van der Waals surface area contributed by atoms with Gasteiger partial charge in [0.05, 0.1) is 0 Å². The molecule has 164 valence electrons. The molecule has 0 unspecified atom stereocenters. The van der Waals surface area contributed by atoms with E-state index in [0.717, 1.165) is 67.7 Å². The molecule has 1 aromatic heterocycles. The number of carbonyl (C=O) groups excluding carboxylic acids is 1. The molecule has 2 aromatic carbocycles. The Morgan fingerprint density at radius 1 is 0.969 bits per heavy atom. The topological polar surface area (TPSA) is 59.8 Å². The lowest BCUT2D eigenvalue weighted by atomic mass is 10.2. The van der Waals surface area contributed by atoms with Gasteiger partial charge in [-0.15, -0.1) is 0 Å². The Labute approximate surface area is 187 Å². The van der Waals surface area contributed by atoms with Crippen LogP contribution in [-0.4, -0.2) is 64.8 Å². The van der Waals surface area contributed by atoms with Crippen molar-refractivity contribution >= 4 is 12.0 Å². The minimum Gasteiger partial charge on any atom is -0.454 e. The number of nitrogens with zero attached hydrogens (tertiary/aromatic N) is 4. The number of amides is 1. The summed E-state index contributed by atoms with van der Waals surface area (Å²) in [7, 11) is 0. The first kappa shape index (κ1) is 20.3. The largest absolute Gasteiger partial charge is 0.454 e. The normalized spacial score (nSPS) is 16.1. The molecule has 0 radical (unpaired) electrons. The molecule has 0 N–H and O–H groups in total. The second-order valence-electron chi connectivity index (χ2n) is 7.92. The van der Waals surface area contributed by atoms with Crippen LogP contribution in [0.5, 0.6) is 11.5 Å². The van der Waals surface area contributed by atoms with E-state index in [1.54, 1.807) is 6.08 Å². The van der Waals surface area contributed by atoms with E-state index in [0.29, 0.717) is 0 Å². The molecule has 1 saturated heterocycles. The van der Waals surface area contributed by atoms with Gasteiger partial charge in [-0.05, 0) is 23.8 Å². The number of piperazine rings is 1. The van der Waals surface area contributed by atoms with Gasteiger partial charge in [0.2, 0.25) is 12.7 Å². The summed E-state index contributed by atoms with van der Waals surface area (Å²) in [5.41, 5.74) is 2.05. The van der Waals surface area contributed by atoms with Crippen LogP contribution in [0.4, 0.5) is 0 Å². The van der Waals surface area contributed by atoms with Crippen molar-refractivity contribution in [3.8, 4) is 22.9 Å². The molecule has 1 fully saturated rings. The van der Waals surface area contributed by atoms with Crippen molar-refractivity contribution in [1.29, 1.82) is 0 Å². The monoisotopic (exact) mass is 430 g/mol. The first-order valence-electron chi connectivity index (χ1n) is 10.9. The van der Waals surface area contributed by atoms with Gasteiger partial charge in [-0.1, -0.05) is 36.4 Å². The lowest BCUT2D eigenvalue weighted by molar-refractivity contribution is -0.127. The number of ether oxygens (including phenoxy) is 2.